The number of benzene rings is 1. The van der Waals surface area contributed by atoms with Gasteiger partial charge in [0.25, 0.3) is 5.69 Å². The molecule has 0 aliphatic heterocycles. The number of hydrogen-bond donors (Lipinski definition) is 0. The second-order valence-corrected chi connectivity index (χ2v) is 3.88. The number of halogens is 2. The molecule has 0 aliphatic rings. The number of nitro benzene ring substituents is 1. The normalized spacial score (nSPS) is 12.5. The fraction of sp³-hybridized carbons (Fsp3) is 0.333. The van der Waals surface area contributed by atoms with Crippen molar-refractivity contribution in [2.75, 3.05) is 6.67 Å². The Balaban J connectivity index is 3.12. The Morgan fingerprint density at radius 2 is 2.29 bits per heavy atom. The van der Waals surface area contributed by atoms with E-state index in [1.807, 2.05) is 0 Å². The second kappa shape index (κ2) is 4.50. The molecule has 1 rings (SSSR count). The Bertz CT molecular complexity index is 357. The quantitative estimate of drug-likeness (QED) is 0.618. The van der Waals surface area contributed by atoms with Gasteiger partial charge in [-0.2, -0.15) is 0 Å². The van der Waals surface area contributed by atoms with Crippen molar-refractivity contribution in [2.24, 2.45) is 0 Å². The van der Waals surface area contributed by atoms with Crippen LogP contribution in [0.25, 0.3) is 0 Å². The van der Waals surface area contributed by atoms with Crippen LogP contribution in [0.15, 0.2) is 22.7 Å². The minimum Gasteiger partial charge on any atom is -0.258 e. The van der Waals surface area contributed by atoms with E-state index in [2.05, 4.69) is 15.9 Å². The summed E-state index contributed by atoms with van der Waals surface area (Å²) in [5.74, 6) is -0.304. The zero-order valence-electron chi connectivity index (χ0n) is 7.54. The van der Waals surface area contributed by atoms with E-state index in [1.165, 1.54) is 6.07 Å². The third-order valence-corrected chi connectivity index (χ3v) is 2.64. The summed E-state index contributed by atoms with van der Waals surface area (Å²) < 4.78 is 12.7. The van der Waals surface area contributed by atoms with Gasteiger partial charge >= 0.3 is 0 Å². The van der Waals surface area contributed by atoms with Crippen molar-refractivity contribution in [2.45, 2.75) is 12.8 Å². The molecule has 1 unspecified atom stereocenters. The summed E-state index contributed by atoms with van der Waals surface area (Å²) in [6.07, 6.45) is 0. The fourth-order valence-corrected chi connectivity index (χ4v) is 1.46. The van der Waals surface area contributed by atoms with Gasteiger partial charge in [-0.25, -0.2) is 0 Å². The van der Waals surface area contributed by atoms with Gasteiger partial charge in [0.2, 0.25) is 0 Å². The topological polar surface area (TPSA) is 43.1 Å². The molecular weight excluding hydrogens is 253 g/mol. The van der Waals surface area contributed by atoms with Crippen molar-refractivity contribution in [3.8, 4) is 0 Å². The second-order valence-electron chi connectivity index (χ2n) is 3.02. The standard InChI is InChI=1S/C9H9BrFNO2/c1-6(5-11)7-2-3-8(10)9(4-7)12(13)14/h2-4,6H,5H2,1H3. The van der Waals surface area contributed by atoms with Crippen LogP contribution >= 0.6 is 15.9 Å². The third kappa shape index (κ3) is 2.29. The third-order valence-electron chi connectivity index (χ3n) is 1.97. The predicted octanol–water partition coefficient (Wildman–Crippen LogP) is 3.43. The molecule has 0 fully saturated rings. The lowest BCUT2D eigenvalue weighted by Gasteiger charge is -2.06. The van der Waals surface area contributed by atoms with Crippen LogP contribution < -0.4 is 0 Å². The Morgan fingerprint density at radius 1 is 1.64 bits per heavy atom. The summed E-state index contributed by atoms with van der Waals surface area (Å²) in [6, 6.07) is 4.65. The number of nitro groups is 1. The Hall–Kier alpha value is -0.970. The molecule has 3 nitrogen and oxygen atoms in total. The molecule has 0 bridgehead atoms. The lowest BCUT2D eigenvalue weighted by atomic mass is 10.0. The number of nitrogens with zero attached hydrogens (tertiary/aromatic N) is 1. The molecule has 0 saturated heterocycles. The van der Waals surface area contributed by atoms with Crippen molar-refractivity contribution in [3.05, 3.63) is 38.3 Å². The van der Waals surface area contributed by atoms with Gasteiger partial charge in [0.15, 0.2) is 0 Å². The lowest BCUT2D eigenvalue weighted by Crippen LogP contribution is -1.97. The maximum absolute atomic E-state index is 12.3. The van der Waals surface area contributed by atoms with Gasteiger partial charge < -0.3 is 0 Å². The maximum Gasteiger partial charge on any atom is 0.283 e. The molecule has 0 N–H and O–H groups in total. The minimum absolute atomic E-state index is 0.0252. The highest BCUT2D eigenvalue weighted by Gasteiger charge is 2.14. The van der Waals surface area contributed by atoms with Crippen molar-refractivity contribution in [1.82, 2.24) is 0 Å². The highest BCUT2D eigenvalue weighted by atomic mass is 79.9. The summed E-state index contributed by atoms with van der Waals surface area (Å²) in [5.41, 5.74) is 0.616. The van der Waals surface area contributed by atoms with Crippen LogP contribution in [0.2, 0.25) is 0 Å². The summed E-state index contributed by atoms with van der Waals surface area (Å²) in [5, 5.41) is 10.6. The minimum atomic E-state index is -0.515. The molecule has 0 heterocycles. The lowest BCUT2D eigenvalue weighted by molar-refractivity contribution is -0.385. The summed E-state index contributed by atoms with van der Waals surface area (Å²) in [4.78, 5) is 10.1. The van der Waals surface area contributed by atoms with Crippen LogP contribution in [0, 0.1) is 10.1 Å². The van der Waals surface area contributed by atoms with Crippen LogP contribution in [0.5, 0.6) is 0 Å². The molecule has 0 aliphatic carbocycles. The molecule has 1 aromatic carbocycles. The highest BCUT2D eigenvalue weighted by Crippen LogP contribution is 2.28. The predicted molar refractivity (Wildman–Crippen MR) is 55.2 cm³/mol. The van der Waals surface area contributed by atoms with E-state index in [9.17, 15) is 14.5 Å². The van der Waals surface area contributed by atoms with Crippen LogP contribution in [0.4, 0.5) is 10.1 Å². The molecular formula is C9H9BrFNO2. The number of alkyl halides is 1. The van der Waals surface area contributed by atoms with Crippen LogP contribution in [0.1, 0.15) is 18.4 Å². The zero-order chi connectivity index (χ0) is 10.7. The molecule has 76 valence electrons. The average molecular weight is 262 g/mol. The Morgan fingerprint density at radius 3 is 2.79 bits per heavy atom. The fourth-order valence-electron chi connectivity index (χ4n) is 1.07. The summed E-state index contributed by atoms with van der Waals surface area (Å²) in [6.45, 7) is 1.17. The van der Waals surface area contributed by atoms with E-state index in [0.29, 0.717) is 10.0 Å². The average Bonchev–Trinajstić information content (AvgIpc) is 2.17. The van der Waals surface area contributed by atoms with Gasteiger partial charge in [-0.3, -0.25) is 14.5 Å². The SMILES string of the molecule is CC(CF)c1ccc(Br)c([N+](=O)[O-])c1. The van der Waals surface area contributed by atoms with E-state index < -0.39 is 11.6 Å². The highest BCUT2D eigenvalue weighted by molar-refractivity contribution is 9.10. The summed E-state index contributed by atoms with van der Waals surface area (Å²) in [7, 11) is 0. The Labute approximate surface area is 89.2 Å². The van der Waals surface area contributed by atoms with E-state index in [4.69, 9.17) is 0 Å². The molecule has 0 saturated carbocycles. The van der Waals surface area contributed by atoms with Crippen LogP contribution in [-0.4, -0.2) is 11.6 Å². The first-order valence-electron chi connectivity index (χ1n) is 4.06. The molecule has 1 aromatic rings. The molecule has 5 heteroatoms. The van der Waals surface area contributed by atoms with Crippen molar-refractivity contribution >= 4 is 21.6 Å². The van der Waals surface area contributed by atoms with Gasteiger partial charge in [-0.1, -0.05) is 13.0 Å². The monoisotopic (exact) mass is 261 g/mol. The van der Waals surface area contributed by atoms with Crippen molar-refractivity contribution < 1.29 is 9.31 Å². The van der Waals surface area contributed by atoms with E-state index in [1.54, 1.807) is 19.1 Å². The Kier molecular flexibility index (Phi) is 3.57. The molecule has 0 spiro atoms. The summed E-state index contributed by atoms with van der Waals surface area (Å²) >= 11 is 3.07. The maximum atomic E-state index is 12.3. The van der Waals surface area contributed by atoms with E-state index >= 15 is 0 Å². The first-order chi connectivity index (χ1) is 6.56. The first kappa shape index (κ1) is 11.1. The first-order valence-corrected chi connectivity index (χ1v) is 4.85. The molecule has 14 heavy (non-hydrogen) atoms. The number of hydrogen-bond acceptors (Lipinski definition) is 2. The smallest absolute Gasteiger partial charge is 0.258 e. The largest absolute Gasteiger partial charge is 0.283 e. The van der Waals surface area contributed by atoms with Gasteiger partial charge in [-0.15, -0.1) is 0 Å². The number of rotatable bonds is 3. The van der Waals surface area contributed by atoms with Crippen molar-refractivity contribution in [3.63, 3.8) is 0 Å². The van der Waals surface area contributed by atoms with Crippen molar-refractivity contribution in [1.29, 1.82) is 0 Å². The van der Waals surface area contributed by atoms with E-state index in [-0.39, 0.29) is 11.6 Å². The van der Waals surface area contributed by atoms with Crippen LogP contribution in [0.3, 0.4) is 0 Å². The van der Waals surface area contributed by atoms with Crippen LogP contribution in [-0.2, 0) is 0 Å². The van der Waals surface area contributed by atoms with Gasteiger partial charge in [-0.05, 0) is 27.6 Å². The van der Waals surface area contributed by atoms with Gasteiger partial charge in [0.05, 0.1) is 16.1 Å². The van der Waals surface area contributed by atoms with Gasteiger partial charge in [0, 0.05) is 12.0 Å². The molecule has 0 aromatic heterocycles. The molecule has 0 radical (unpaired) electrons. The van der Waals surface area contributed by atoms with E-state index in [0.717, 1.165) is 0 Å². The molecule has 0 amide bonds. The molecule has 1 atom stereocenters. The zero-order valence-corrected chi connectivity index (χ0v) is 9.12. The van der Waals surface area contributed by atoms with Gasteiger partial charge in [0.1, 0.15) is 0 Å².